The number of nitrogens with zero attached hydrogens (tertiary/aromatic N) is 2. The zero-order valence-electron chi connectivity index (χ0n) is 8.95. The van der Waals surface area contributed by atoms with Gasteiger partial charge < -0.3 is 10.2 Å². The van der Waals surface area contributed by atoms with Crippen LogP contribution in [-0.4, -0.2) is 31.5 Å². The highest BCUT2D eigenvalue weighted by Crippen LogP contribution is 2.06. The number of nitrogens with one attached hydrogen (secondary N) is 1. The van der Waals surface area contributed by atoms with Gasteiger partial charge in [-0.2, -0.15) is 11.3 Å². The van der Waals surface area contributed by atoms with Crippen molar-refractivity contribution in [1.29, 1.82) is 0 Å². The summed E-state index contributed by atoms with van der Waals surface area (Å²) in [6.07, 6.45) is 0. The molecule has 0 aromatic carbocycles. The van der Waals surface area contributed by atoms with Crippen LogP contribution in [-0.2, 0) is 6.54 Å². The normalized spacial score (nSPS) is 11.5. The van der Waals surface area contributed by atoms with Crippen LogP contribution < -0.4 is 5.32 Å². The van der Waals surface area contributed by atoms with Crippen molar-refractivity contribution in [2.75, 3.05) is 20.6 Å². The molecule has 0 saturated carbocycles. The van der Waals surface area contributed by atoms with Gasteiger partial charge in [0.25, 0.3) is 0 Å². The van der Waals surface area contributed by atoms with Crippen molar-refractivity contribution in [3.8, 4) is 0 Å². The molecule has 3 nitrogen and oxygen atoms in total. The van der Waals surface area contributed by atoms with Crippen LogP contribution in [0.1, 0.15) is 12.5 Å². The Morgan fingerprint density at radius 2 is 2.36 bits per heavy atom. The maximum Gasteiger partial charge on any atom is 0.193 e. The van der Waals surface area contributed by atoms with Gasteiger partial charge in [0.2, 0.25) is 0 Å². The first-order valence-electron chi connectivity index (χ1n) is 4.70. The number of thiophene rings is 1. The Balaban J connectivity index is 2.55. The van der Waals surface area contributed by atoms with Crippen LogP contribution in [0.25, 0.3) is 0 Å². The van der Waals surface area contributed by atoms with Gasteiger partial charge in [-0.3, -0.25) is 0 Å². The van der Waals surface area contributed by atoms with Gasteiger partial charge in [0, 0.05) is 20.6 Å². The molecular weight excluding hydrogens is 194 g/mol. The summed E-state index contributed by atoms with van der Waals surface area (Å²) in [6, 6.07) is 2.10. The number of hydrogen-bond acceptors (Lipinski definition) is 2. The van der Waals surface area contributed by atoms with Crippen molar-refractivity contribution in [2.24, 2.45) is 4.99 Å². The van der Waals surface area contributed by atoms with E-state index in [1.54, 1.807) is 11.3 Å². The maximum absolute atomic E-state index is 4.49. The highest BCUT2D eigenvalue weighted by Gasteiger charge is 1.98. The summed E-state index contributed by atoms with van der Waals surface area (Å²) in [7, 11) is 3.99. The Morgan fingerprint density at radius 3 is 2.86 bits per heavy atom. The average Bonchev–Trinajstić information content (AvgIpc) is 2.64. The van der Waals surface area contributed by atoms with Crippen molar-refractivity contribution in [3.63, 3.8) is 0 Å². The zero-order chi connectivity index (χ0) is 10.4. The first kappa shape index (κ1) is 11.0. The minimum atomic E-state index is 0.754. The van der Waals surface area contributed by atoms with Gasteiger partial charge in [0.1, 0.15) is 0 Å². The third-order valence-corrected chi connectivity index (χ3v) is 2.48. The van der Waals surface area contributed by atoms with Crippen LogP contribution in [0.3, 0.4) is 0 Å². The van der Waals surface area contributed by atoms with Crippen molar-refractivity contribution >= 4 is 17.3 Å². The van der Waals surface area contributed by atoms with Crippen LogP contribution in [0.15, 0.2) is 21.8 Å². The van der Waals surface area contributed by atoms with Crippen molar-refractivity contribution in [1.82, 2.24) is 10.2 Å². The molecule has 1 aromatic heterocycles. The van der Waals surface area contributed by atoms with E-state index in [-0.39, 0.29) is 0 Å². The van der Waals surface area contributed by atoms with Gasteiger partial charge >= 0.3 is 0 Å². The molecule has 0 atom stereocenters. The Morgan fingerprint density at radius 1 is 1.57 bits per heavy atom. The van der Waals surface area contributed by atoms with E-state index in [1.165, 1.54) is 5.56 Å². The van der Waals surface area contributed by atoms with E-state index in [0.29, 0.717) is 0 Å². The molecule has 14 heavy (non-hydrogen) atoms. The Hall–Kier alpha value is -1.03. The van der Waals surface area contributed by atoms with Crippen LogP contribution in [0.4, 0.5) is 0 Å². The summed E-state index contributed by atoms with van der Waals surface area (Å²) in [6.45, 7) is 3.73. The monoisotopic (exact) mass is 211 g/mol. The van der Waals surface area contributed by atoms with Crippen molar-refractivity contribution in [2.45, 2.75) is 13.5 Å². The van der Waals surface area contributed by atoms with Gasteiger partial charge in [-0.25, -0.2) is 4.99 Å². The van der Waals surface area contributed by atoms with Gasteiger partial charge in [-0.15, -0.1) is 0 Å². The highest BCUT2D eigenvalue weighted by molar-refractivity contribution is 7.07. The molecule has 1 heterocycles. The molecule has 0 spiro atoms. The predicted molar refractivity (Wildman–Crippen MR) is 62.8 cm³/mol. The first-order valence-corrected chi connectivity index (χ1v) is 5.65. The summed E-state index contributed by atoms with van der Waals surface area (Å²) in [5, 5.41) is 7.43. The van der Waals surface area contributed by atoms with Crippen LogP contribution in [0.5, 0.6) is 0 Å². The van der Waals surface area contributed by atoms with Gasteiger partial charge in [-0.05, 0) is 29.3 Å². The van der Waals surface area contributed by atoms with Crippen LogP contribution in [0.2, 0.25) is 0 Å². The number of hydrogen-bond donors (Lipinski definition) is 1. The highest BCUT2D eigenvalue weighted by atomic mass is 32.1. The maximum atomic E-state index is 4.49. The lowest BCUT2D eigenvalue weighted by Gasteiger charge is -2.16. The summed E-state index contributed by atoms with van der Waals surface area (Å²) < 4.78 is 0. The summed E-state index contributed by atoms with van der Waals surface area (Å²) in [5.41, 5.74) is 1.27. The lowest BCUT2D eigenvalue weighted by atomic mass is 10.3. The number of rotatable bonds is 3. The lowest BCUT2D eigenvalue weighted by molar-refractivity contribution is 0.583. The van der Waals surface area contributed by atoms with E-state index in [0.717, 1.165) is 19.0 Å². The summed E-state index contributed by atoms with van der Waals surface area (Å²) in [5.74, 6) is 0.943. The predicted octanol–water partition coefficient (Wildman–Crippen LogP) is 1.78. The molecule has 0 saturated heterocycles. The molecule has 1 aromatic rings. The molecule has 0 amide bonds. The number of aliphatic imine (C=N–C) groups is 1. The molecule has 0 aliphatic heterocycles. The zero-order valence-corrected chi connectivity index (χ0v) is 9.77. The fourth-order valence-corrected chi connectivity index (χ4v) is 1.72. The topological polar surface area (TPSA) is 27.6 Å². The second-order valence-corrected chi connectivity index (χ2v) is 3.98. The quantitative estimate of drug-likeness (QED) is 0.609. The van der Waals surface area contributed by atoms with E-state index in [2.05, 4.69) is 34.1 Å². The van der Waals surface area contributed by atoms with Crippen LogP contribution in [0, 0.1) is 0 Å². The molecule has 78 valence electrons. The average molecular weight is 211 g/mol. The van der Waals surface area contributed by atoms with E-state index in [1.807, 2.05) is 19.0 Å². The molecule has 4 heteroatoms. The molecule has 0 fully saturated rings. The third kappa shape index (κ3) is 3.38. The van der Waals surface area contributed by atoms with E-state index >= 15 is 0 Å². The van der Waals surface area contributed by atoms with E-state index in [4.69, 9.17) is 0 Å². The SMILES string of the molecule is CCNC(=NCc1ccsc1)N(C)C. The Labute approximate surface area is 89.5 Å². The number of guanidine groups is 1. The molecule has 0 radical (unpaired) electrons. The molecule has 0 aliphatic rings. The minimum absolute atomic E-state index is 0.754. The largest absolute Gasteiger partial charge is 0.357 e. The fourth-order valence-electron chi connectivity index (χ4n) is 1.06. The van der Waals surface area contributed by atoms with Crippen molar-refractivity contribution < 1.29 is 0 Å². The molecule has 1 rings (SSSR count). The molecule has 0 aliphatic carbocycles. The van der Waals surface area contributed by atoms with Gasteiger partial charge in [0.15, 0.2) is 5.96 Å². The molecular formula is C10H17N3S. The first-order chi connectivity index (χ1) is 6.74. The Bertz CT molecular complexity index is 278. The van der Waals surface area contributed by atoms with Crippen LogP contribution >= 0.6 is 11.3 Å². The van der Waals surface area contributed by atoms with Crippen molar-refractivity contribution in [3.05, 3.63) is 22.4 Å². The Kier molecular flexibility index (Phi) is 4.46. The lowest BCUT2D eigenvalue weighted by Crippen LogP contribution is -2.36. The second-order valence-electron chi connectivity index (χ2n) is 3.20. The molecule has 1 N–H and O–H groups in total. The van der Waals surface area contributed by atoms with Gasteiger partial charge in [-0.1, -0.05) is 0 Å². The van der Waals surface area contributed by atoms with E-state index < -0.39 is 0 Å². The van der Waals surface area contributed by atoms with E-state index in [9.17, 15) is 0 Å². The second kappa shape index (κ2) is 5.65. The van der Waals surface area contributed by atoms with Gasteiger partial charge in [0.05, 0.1) is 6.54 Å². The standard InChI is InChI=1S/C10H17N3S/c1-4-11-10(13(2)3)12-7-9-5-6-14-8-9/h5-6,8H,4,7H2,1-3H3,(H,11,12). The summed E-state index contributed by atoms with van der Waals surface area (Å²) in [4.78, 5) is 6.49. The smallest absolute Gasteiger partial charge is 0.193 e. The molecule has 0 bridgehead atoms. The molecule has 0 unspecified atom stereocenters. The fraction of sp³-hybridized carbons (Fsp3) is 0.500. The third-order valence-electron chi connectivity index (χ3n) is 1.75. The summed E-state index contributed by atoms with van der Waals surface area (Å²) >= 11 is 1.71. The minimum Gasteiger partial charge on any atom is -0.357 e.